The minimum absolute atomic E-state index is 0.0170. The van der Waals surface area contributed by atoms with Crippen LogP contribution in [0.5, 0.6) is 5.75 Å². The molecule has 3 aromatic heterocycles. The number of thiazole rings is 1. The molecule has 0 saturated carbocycles. The van der Waals surface area contributed by atoms with E-state index in [4.69, 9.17) is 11.6 Å². The monoisotopic (exact) mass is 424 g/mol. The molecule has 0 aliphatic carbocycles. The summed E-state index contributed by atoms with van der Waals surface area (Å²) in [5, 5.41) is 31.6. The Labute approximate surface area is 174 Å². The molecule has 0 amide bonds. The van der Waals surface area contributed by atoms with Gasteiger partial charge in [0, 0.05) is 31.1 Å². The molecule has 29 heavy (non-hydrogen) atoms. The lowest BCUT2D eigenvalue weighted by molar-refractivity contribution is 0.475. The smallest absolute Gasteiger partial charge is 0.232 e. The van der Waals surface area contributed by atoms with Crippen LogP contribution in [0, 0.1) is 0 Å². The number of benzene rings is 1. The first-order valence-corrected chi connectivity index (χ1v) is 9.51. The summed E-state index contributed by atoms with van der Waals surface area (Å²) in [6.45, 7) is 0. The molecular weight excluding hydrogens is 412 g/mol. The van der Waals surface area contributed by atoms with Gasteiger partial charge in [-0.15, -0.1) is 20.5 Å². The van der Waals surface area contributed by atoms with E-state index in [0.717, 1.165) is 5.56 Å². The predicted octanol–water partition coefficient (Wildman–Crippen LogP) is 6.13. The van der Waals surface area contributed by atoms with Crippen molar-refractivity contribution in [1.82, 2.24) is 19.7 Å². The lowest BCUT2D eigenvalue weighted by Crippen LogP contribution is -1.86. The third-order valence-corrected chi connectivity index (χ3v) is 4.88. The molecule has 0 fully saturated rings. The fourth-order valence-corrected chi connectivity index (χ4v) is 3.23. The van der Waals surface area contributed by atoms with E-state index >= 15 is 0 Å². The van der Waals surface area contributed by atoms with E-state index in [1.165, 1.54) is 23.5 Å². The van der Waals surface area contributed by atoms with E-state index in [-0.39, 0.29) is 10.8 Å². The molecule has 3 heterocycles. The van der Waals surface area contributed by atoms with E-state index in [1.54, 1.807) is 42.5 Å². The zero-order valence-corrected chi connectivity index (χ0v) is 16.6. The van der Waals surface area contributed by atoms with Gasteiger partial charge >= 0.3 is 0 Å². The molecule has 144 valence electrons. The summed E-state index contributed by atoms with van der Waals surface area (Å²) in [6.07, 6.45) is 5.02. The van der Waals surface area contributed by atoms with Crippen LogP contribution in [0.3, 0.4) is 0 Å². The average Bonchev–Trinajstić information content (AvgIpc) is 3.33. The molecule has 0 unspecified atom stereocenters. The molecule has 4 aromatic rings. The van der Waals surface area contributed by atoms with Gasteiger partial charge in [0.05, 0.1) is 16.9 Å². The second-order valence-electron chi connectivity index (χ2n) is 5.74. The van der Waals surface area contributed by atoms with Crippen LogP contribution in [0.15, 0.2) is 75.4 Å². The number of hydrogen-bond acceptors (Lipinski definition) is 9. The largest absolute Gasteiger partial charge is 0.506 e. The Morgan fingerprint density at radius 3 is 2.69 bits per heavy atom. The van der Waals surface area contributed by atoms with Gasteiger partial charge in [0.2, 0.25) is 5.13 Å². The van der Waals surface area contributed by atoms with Crippen molar-refractivity contribution in [3.05, 3.63) is 60.0 Å². The SMILES string of the molecule is Cn1nccc1N=Nc1sc(N=Nc2ccc(O)c(Cl)c2)nc1-c1cccnc1. The van der Waals surface area contributed by atoms with Crippen molar-refractivity contribution in [2.45, 2.75) is 0 Å². The Morgan fingerprint density at radius 2 is 1.97 bits per heavy atom. The number of nitrogens with zero attached hydrogens (tertiary/aromatic N) is 8. The van der Waals surface area contributed by atoms with Crippen LogP contribution in [0.4, 0.5) is 21.6 Å². The van der Waals surface area contributed by atoms with Crippen molar-refractivity contribution in [3.63, 3.8) is 0 Å². The molecule has 1 N–H and O–H groups in total. The van der Waals surface area contributed by atoms with Crippen LogP contribution in [0.25, 0.3) is 11.3 Å². The van der Waals surface area contributed by atoms with Crippen LogP contribution >= 0.6 is 22.9 Å². The lowest BCUT2D eigenvalue weighted by Gasteiger charge is -1.96. The Kier molecular flexibility index (Phi) is 5.36. The summed E-state index contributed by atoms with van der Waals surface area (Å²) in [4.78, 5) is 8.65. The molecule has 0 spiro atoms. The van der Waals surface area contributed by atoms with E-state index in [0.29, 0.717) is 27.3 Å². The first-order chi connectivity index (χ1) is 14.1. The summed E-state index contributed by atoms with van der Waals surface area (Å²) in [7, 11) is 1.78. The number of azo groups is 2. The van der Waals surface area contributed by atoms with E-state index in [2.05, 4.69) is 35.5 Å². The highest BCUT2D eigenvalue weighted by molar-refractivity contribution is 7.19. The van der Waals surface area contributed by atoms with Crippen molar-refractivity contribution >= 4 is 44.6 Å². The molecule has 0 bridgehead atoms. The molecule has 11 heteroatoms. The van der Waals surface area contributed by atoms with Gasteiger partial charge < -0.3 is 5.11 Å². The first-order valence-electron chi connectivity index (χ1n) is 8.31. The van der Waals surface area contributed by atoms with Crippen molar-refractivity contribution in [2.75, 3.05) is 0 Å². The Morgan fingerprint density at radius 1 is 1.07 bits per heavy atom. The molecule has 1 aromatic carbocycles. The Bertz CT molecular complexity index is 1200. The molecule has 0 saturated heterocycles. The normalized spacial score (nSPS) is 11.7. The van der Waals surface area contributed by atoms with E-state index < -0.39 is 0 Å². The van der Waals surface area contributed by atoms with Gasteiger partial charge in [-0.3, -0.25) is 4.98 Å². The summed E-state index contributed by atoms with van der Waals surface area (Å²) in [5.74, 6) is 0.592. The highest BCUT2D eigenvalue weighted by atomic mass is 35.5. The lowest BCUT2D eigenvalue weighted by atomic mass is 10.2. The molecule has 4 rings (SSSR count). The second kappa shape index (κ2) is 8.25. The summed E-state index contributed by atoms with van der Waals surface area (Å²) >= 11 is 7.14. The molecule has 0 radical (unpaired) electrons. The number of halogens is 1. The number of pyridine rings is 1. The number of hydrogen-bond donors (Lipinski definition) is 1. The highest BCUT2D eigenvalue weighted by Crippen LogP contribution is 2.40. The van der Waals surface area contributed by atoms with Crippen molar-refractivity contribution in [2.24, 2.45) is 27.5 Å². The molecule has 0 aliphatic heterocycles. The summed E-state index contributed by atoms with van der Waals surface area (Å²) in [6, 6.07) is 10.0. The fraction of sp³-hybridized carbons (Fsp3) is 0.0556. The number of rotatable bonds is 5. The Hall–Kier alpha value is -3.50. The van der Waals surface area contributed by atoms with Crippen molar-refractivity contribution in [3.8, 4) is 17.0 Å². The van der Waals surface area contributed by atoms with Gasteiger partial charge in [-0.25, -0.2) is 9.67 Å². The maximum absolute atomic E-state index is 9.50. The third-order valence-electron chi connectivity index (χ3n) is 3.75. The number of aromatic nitrogens is 4. The van der Waals surface area contributed by atoms with Gasteiger partial charge in [0.1, 0.15) is 11.4 Å². The van der Waals surface area contributed by atoms with Crippen LogP contribution in [0.1, 0.15) is 0 Å². The van der Waals surface area contributed by atoms with Crippen LogP contribution in [-0.4, -0.2) is 24.9 Å². The quantitative estimate of drug-likeness (QED) is 0.388. The maximum Gasteiger partial charge on any atom is 0.232 e. The average molecular weight is 425 g/mol. The Balaban J connectivity index is 1.69. The number of aryl methyl sites for hydroxylation is 1. The van der Waals surface area contributed by atoms with Crippen molar-refractivity contribution in [1.29, 1.82) is 0 Å². The minimum atomic E-state index is -0.0170. The maximum atomic E-state index is 9.50. The van der Waals surface area contributed by atoms with Gasteiger partial charge in [-0.2, -0.15) is 5.10 Å². The topological polar surface area (TPSA) is 113 Å². The first kappa shape index (κ1) is 18.8. The minimum Gasteiger partial charge on any atom is -0.506 e. The number of aromatic hydroxyl groups is 1. The zero-order valence-electron chi connectivity index (χ0n) is 15.0. The van der Waals surface area contributed by atoms with Crippen molar-refractivity contribution < 1.29 is 5.11 Å². The van der Waals surface area contributed by atoms with E-state index in [9.17, 15) is 5.11 Å². The number of phenolic OH excluding ortho intramolecular Hbond substituents is 1. The molecule has 0 aliphatic rings. The van der Waals surface area contributed by atoms with Gasteiger partial charge in [-0.05, 0) is 30.3 Å². The third kappa shape index (κ3) is 4.33. The summed E-state index contributed by atoms with van der Waals surface area (Å²) < 4.78 is 1.61. The van der Waals surface area contributed by atoms with Crippen LogP contribution in [-0.2, 0) is 7.05 Å². The zero-order chi connectivity index (χ0) is 20.2. The van der Waals surface area contributed by atoms with Crippen LogP contribution < -0.4 is 0 Å². The standard InChI is InChI=1S/C18H13ClN8OS/c1-27-15(6-8-21-27)24-25-17-16(11-3-2-7-20-10-11)22-18(29-17)26-23-12-4-5-14(28)13(19)9-12/h2-10,28H,1H3. The second-order valence-corrected chi connectivity index (χ2v) is 7.10. The van der Waals surface area contributed by atoms with Gasteiger partial charge in [0.15, 0.2) is 10.8 Å². The fourth-order valence-electron chi connectivity index (χ4n) is 2.32. The van der Waals surface area contributed by atoms with Crippen LogP contribution in [0.2, 0.25) is 5.02 Å². The highest BCUT2D eigenvalue weighted by Gasteiger charge is 2.14. The van der Waals surface area contributed by atoms with Gasteiger partial charge in [-0.1, -0.05) is 22.9 Å². The van der Waals surface area contributed by atoms with E-state index in [1.807, 2.05) is 12.1 Å². The van der Waals surface area contributed by atoms with Gasteiger partial charge in [0.25, 0.3) is 0 Å². The summed E-state index contributed by atoms with van der Waals surface area (Å²) in [5.41, 5.74) is 1.88. The molecule has 0 atom stereocenters. The predicted molar refractivity (Wildman–Crippen MR) is 110 cm³/mol. The number of phenols is 1. The molecular formula is C18H13ClN8OS. The molecule has 9 nitrogen and oxygen atoms in total.